The molecular formula is C24H19FN2O3. The van der Waals surface area contributed by atoms with E-state index in [1.807, 2.05) is 67.6 Å². The summed E-state index contributed by atoms with van der Waals surface area (Å²) < 4.78 is 14.3. The average Bonchev–Trinajstić information content (AvgIpc) is 2.77. The van der Waals surface area contributed by atoms with E-state index in [-0.39, 0.29) is 5.56 Å². The molecule has 0 saturated heterocycles. The fourth-order valence-corrected chi connectivity index (χ4v) is 3.36. The van der Waals surface area contributed by atoms with Crippen molar-refractivity contribution in [2.45, 2.75) is 13.5 Å². The Labute approximate surface area is 172 Å². The van der Waals surface area contributed by atoms with E-state index < -0.39 is 11.4 Å². The number of aromatic nitrogens is 1. The second-order valence-corrected chi connectivity index (χ2v) is 7.07. The molecule has 1 aromatic heterocycles. The van der Waals surface area contributed by atoms with Crippen molar-refractivity contribution in [3.05, 3.63) is 106 Å². The Hall–Kier alpha value is -3.93. The second kappa shape index (κ2) is 8.21. The molecule has 4 rings (SSSR count). The van der Waals surface area contributed by atoms with Crippen LogP contribution in [0.4, 0.5) is 15.9 Å². The van der Waals surface area contributed by atoms with Crippen LogP contribution in [0.3, 0.4) is 0 Å². The Kier molecular flexibility index (Phi) is 5.30. The minimum absolute atomic E-state index is 0.309. The Balaban J connectivity index is 1.85. The highest BCUT2D eigenvalue weighted by Crippen LogP contribution is 2.22. The molecule has 0 amide bonds. The zero-order valence-corrected chi connectivity index (χ0v) is 16.3. The van der Waals surface area contributed by atoms with Crippen LogP contribution in [0.25, 0.3) is 10.9 Å². The molecule has 30 heavy (non-hydrogen) atoms. The third-order valence-electron chi connectivity index (χ3n) is 4.91. The molecule has 0 bridgehead atoms. The van der Waals surface area contributed by atoms with Crippen LogP contribution >= 0.6 is 0 Å². The number of aryl methyl sites for hydroxylation is 1. The summed E-state index contributed by atoms with van der Waals surface area (Å²) in [5.41, 5.74) is 3.50. The van der Waals surface area contributed by atoms with Crippen molar-refractivity contribution in [2.75, 3.05) is 5.32 Å². The van der Waals surface area contributed by atoms with Gasteiger partial charge in [0.2, 0.25) is 5.43 Å². The van der Waals surface area contributed by atoms with Gasteiger partial charge in [-0.1, -0.05) is 48.0 Å². The summed E-state index contributed by atoms with van der Waals surface area (Å²) in [5, 5.41) is 3.60. The lowest BCUT2D eigenvalue weighted by Gasteiger charge is -2.15. The van der Waals surface area contributed by atoms with Gasteiger partial charge in [-0.25, -0.2) is 9.74 Å². The summed E-state index contributed by atoms with van der Waals surface area (Å²) in [5.74, 6) is -1.30. The highest BCUT2D eigenvalue weighted by Gasteiger charge is 2.18. The van der Waals surface area contributed by atoms with Gasteiger partial charge < -0.3 is 9.88 Å². The highest BCUT2D eigenvalue weighted by atomic mass is 19.3. The Morgan fingerprint density at radius 2 is 1.73 bits per heavy atom. The number of fused-ring (bicyclic) bond motifs is 1. The van der Waals surface area contributed by atoms with Gasteiger partial charge in [0, 0.05) is 34.0 Å². The van der Waals surface area contributed by atoms with Crippen molar-refractivity contribution in [1.29, 1.82) is 0 Å². The van der Waals surface area contributed by atoms with Gasteiger partial charge in [0.15, 0.2) is 0 Å². The molecule has 150 valence electrons. The number of hydrogen-bond donors (Lipinski definition) is 1. The number of rotatable bonds is 5. The molecule has 4 aromatic rings. The molecule has 0 aliphatic carbocycles. The summed E-state index contributed by atoms with van der Waals surface area (Å²) in [6.45, 7) is 2.40. The third kappa shape index (κ3) is 3.93. The smallest absolute Gasteiger partial charge is 0.355 e. The molecule has 0 saturated carbocycles. The fraction of sp³-hybridized carbons (Fsp3) is 0.0833. The second-order valence-electron chi connectivity index (χ2n) is 7.07. The topological polar surface area (TPSA) is 60.3 Å². The molecule has 0 radical (unpaired) electrons. The number of hydrogen-bond acceptors (Lipinski definition) is 4. The molecule has 6 heteroatoms. The van der Waals surface area contributed by atoms with Gasteiger partial charge in [-0.3, -0.25) is 4.79 Å². The summed E-state index contributed by atoms with van der Waals surface area (Å²) in [4.78, 5) is 27.9. The fourth-order valence-electron chi connectivity index (χ4n) is 3.36. The number of halogens is 1. The average molecular weight is 402 g/mol. The number of benzene rings is 3. The normalized spacial score (nSPS) is 10.7. The first-order valence-electron chi connectivity index (χ1n) is 9.43. The first-order valence-corrected chi connectivity index (χ1v) is 9.43. The molecule has 5 nitrogen and oxygen atoms in total. The van der Waals surface area contributed by atoms with Crippen molar-refractivity contribution in [3.63, 3.8) is 0 Å². The van der Waals surface area contributed by atoms with Crippen LogP contribution in [0, 0.1) is 6.92 Å². The minimum Gasteiger partial charge on any atom is -0.355 e. The van der Waals surface area contributed by atoms with E-state index in [1.54, 1.807) is 16.7 Å². The van der Waals surface area contributed by atoms with Crippen LogP contribution in [0.5, 0.6) is 0 Å². The van der Waals surface area contributed by atoms with Gasteiger partial charge in [0.25, 0.3) is 0 Å². The molecule has 0 spiro atoms. The number of nitrogens with zero attached hydrogens (tertiary/aromatic N) is 1. The third-order valence-corrected chi connectivity index (χ3v) is 4.91. The van der Waals surface area contributed by atoms with Gasteiger partial charge in [-0.05, 0) is 42.8 Å². The van der Waals surface area contributed by atoms with Crippen LogP contribution in [0.2, 0.25) is 0 Å². The Morgan fingerprint density at radius 3 is 2.43 bits per heavy atom. The van der Waals surface area contributed by atoms with Gasteiger partial charge >= 0.3 is 5.97 Å². The van der Waals surface area contributed by atoms with E-state index in [0.717, 1.165) is 22.5 Å². The van der Waals surface area contributed by atoms with Gasteiger partial charge in [0.05, 0.1) is 5.52 Å². The van der Waals surface area contributed by atoms with Crippen molar-refractivity contribution in [1.82, 2.24) is 4.57 Å². The lowest BCUT2D eigenvalue weighted by atomic mass is 10.1. The number of para-hydroxylation sites is 1. The molecule has 0 unspecified atom stereocenters. The van der Waals surface area contributed by atoms with E-state index in [0.29, 0.717) is 17.4 Å². The van der Waals surface area contributed by atoms with E-state index in [2.05, 4.69) is 10.3 Å². The van der Waals surface area contributed by atoms with Crippen molar-refractivity contribution in [2.24, 2.45) is 0 Å². The first-order chi connectivity index (χ1) is 14.5. The standard InChI is InChI=1S/C24H19FN2O3/c1-16-7-9-17(10-8-16)14-27-15-21(24(29)30-25)23(28)20-12-11-19(13-22(20)27)26-18-5-3-2-4-6-18/h2-13,15,26H,14H2,1H3. The quantitative estimate of drug-likeness (QED) is 0.502. The van der Waals surface area contributed by atoms with Crippen molar-refractivity contribution >= 4 is 28.2 Å². The number of carbonyl (C=O) groups is 1. The summed E-state index contributed by atoms with van der Waals surface area (Å²) in [7, 11) is 0. The highest BCUT2D eigenvalue weighted by molar-refractivity contribution is 5.94. The van der Waals surface area contributed by atoms with Gasteiger partial charge in [-0.15, -0.1) is 0 Å². The molecule has 1 N–H and O–H groups in total. The van der Waals surface area contributed by atoms with E-state index in [1.165, 1.54) is 6.20 Å². The molecule has 0 aliphatic heterocycles. The zero-order valence-electron chi connectivity index (χ0n) is 16.3. The summed E-state index contributed by atoms with van der Waals surface area (Å²) in [6, 6.07) is 22.8. The number of carbonyl (C=O) groups excluding carboxylic acids is 1. The monoisotopic (exact) mass is 402 g/mol. The molecule has 0 atom stereocenters. The van der Waals surface area contributed by atoms with E-state index >= 15 is 0 Å². The SMILES string of the molecule is Cc1ccc(Cn2cc(C(=O)OF)c(=O)c3ccc(Nc4ccccc4)cc32)cc1. The predicted molar refractivity (Wildman–Crippen MR) is 115 cm³/mol. The van der Waals surface area contributed by atoms with Gasteiger partial charge in [-0.2, -0.15) is 0 Å². The molecule has 3 aromatic carbocycles. The van der Waals surface area contributed by atoms with Crippen LogP contribution < -0.4 is 10.7 Å². The van der Waals surface area contributed by atoms with E-state index in [9.17, 15) is 14.1 Å². The Morgan fingerprint density at radius 1 is 1.00 bits per heavy atom. The lowest BCUT2D eigenvalue weighted by Crippen LogP contribution is -2.20. The molecule has 0 aliphatic rings. The van der Waals surface area contributed by atoms with Crippen LogP contribution in [-0.4, -0.2) is 10.5 Å². The predicted octanol–water partition coefficient (Wildman–Crippen LogP) is 5.14. The maximum Gasteiger partial charge on any atom is 0.384 e. The minimum atomic E-state index is -1.30. The van der Waals surface area contributed by atoms with Crippen LogP contribution in [0.15, 0.2) is 83.8 Å². The van der Waals surface area contributed by atoms with Crippen molar-refractivity contribution < 1.29 is 14.3 Å². The van der Waals surface area contributed by atoms with Crippen molar-refractivity contribution in [3.8, 4) is 0 Å². The lowest BCUT2D eigenvalue weighted by molar-refractivity contribution is -0.0789. The number of nitrogens with one attached hydrogen (secondary N) is 1. The summed E-state index contributed by atoms with van der Waals surface area (Å²) >= 11 is 0. The van der Waals surface area contributed by atoms with Crippen LogP contribution in [-0.2, 0) is 11.5 Å². The van der Waals surface area contributed by atoms with E-state index in [4.69, 9.17) is 0 Å². The molecular weight excluding hydrogens is 383 g/mol. The maximum absolute atomic E-state index is 12.7. The molecule has 0 fully saturated rings. The number of pyridine rings is 1. The maximum atomic E-state index is 12.7. The Bertz CT molecular complexity index is 1270. The zero-order chi connectivity index (χ0) is 21.1. The van der Waals surface area contributed by atoms with Crippen LogP contribution in [0.1, 0.15) is 21.5 Å². The largest absolute Gasteiger partial charge is 0.384 e. The molecule has 1 heterocycles. The van der Waals surface area contributed by atoms with Gasteiger partial charge in [0.1, 0.15) is 5.56 Å². The summed E-state index contributed by atoms with van der Waals surface area (Å²) in [6.07, 6.45) is 1.35. The first kappa shape index (κ1) is 19.4. The number of anilines is 2.